The fourth-order valence-electron chi connectivity index (χ4n) is 4.30. The average Bonchev–Trinajstić information content (AvgIpc) is 2.90. The van der Waals surface area contributed by atoms with E-state index in [1.54, 1.807) is 6.08 Å². The zero-order valence-corrected chi connectivity index (χ0v) is 26.3. The molecule has 0 fully saturated rings. The Kier molecular flexibility index (Phi) is 26.3. The van der Waals surface area contributed by atoms with Crippen molar-refractivity contribution in [2.75, 3.05) is 5.75 Å². The molecule has 0 radical (unpaired) electrons. The summed E-state index contributed by atoms with van der Waals surface area (Å²) in [5.41, 5.74) is 0. The van der Waals surface area contributed by atoms with E-state index in [4.69, 9.17) is 0 Å². The lowest BCUT2D eigenvalue weighted by Crippen LogP contribution is -2.46. The van der Waals surface area contributed by atoms with E-state index in [0.29, 0.717) is 6.42 Å². The van der Waals surface area contributed by atoms with E-state index < -0.39 is 28.0 Å². The Morgan fingerprint density at radius 2 is 1.18 bits per heavy atom. The van der Waals surface area contributed by atoms with Gasteiger partial charge in [-0.2, -0.15) is 8.42 Å². The third-order valence-corrected chi connectivity index (χ3v) is 7.51. The lowest BCUT2D eigenvalue weighted by atomic mass is 10.1. The molecule has 0 aliphatic rings. The number of hydrogen-bond acceptors (Lipinski definition) is 4. The molecule has 0 saturated heterocycles. The standard InChI is InChI=1S/C33H59NO5S/c1-3-5-7-9-11-13-14-15-16-17-18-19-20-21-23-25-27-29-33(36)34-31(30-40(37,38)39)32(35)28-26-24-22-12-10-8-6-4-2/h10-13,15-16,26,28,31-32,35H,3-9,14,17-25,27,29-30H2,1-2H3,(H,34,36)(H,37,38,39)/b12-10+,13-11-,16-15-,28-26+. The molecule has 0 aliphatic carbocycles. The maximum Gasteiger partial charge on any atom is 0.267 e. The monoisotopic (exact) mass is 581 g/mol. The summed E-state index contributed by atoms with van der Waals surface area (Å²) in [7, 11) is -4.34. The Bertz CT molecular complexity index is 817. The molecule has 40 heavy (non-hydrogen) atoms. The fraction of sp³-hybridized carbons (Fsp3) is 0.727. The molecule has 0 aromatic heterocycles. The molecule has 2 unspecified atom stereocenters. The first-order chi connectivity index (χ1) is 19.3. The number of carbonyl (C=O) groups excluding carboxylic acids is 1. The molecule has 0 saturated carbocycles. The van der Waals surface area contributed by atoms with E-state index in [0.717, 1.165) is 64.2 Å². The van der Waals surface area contributed by atoms with Crippen molar-refractivity contribution in [3.63, 3.8) is 0 Å². The maximum atomic E-state index is 12.4. The lowest BCUT2D eigenvalue weighted by molar-refractivity contribution is -0.122. The molecule has 6 nitrogen and oxygen atoms in total. The van der Waals surface area contributed by atoms with Gasteiger partial charge in [-0.25, -0.2) is 0 Å². The van der Waals surface area contributed by atoms with Crippen molar-refractivity contribution in [3.05, 3.63) is 48.6 Å². The number of nitrogens with one attached hydrogen (secondary N) is 1. The van der Waals surface area contributed by atoms with E-state index in [1.165, 1.54) is 51.0 Å². The fourth-order valence-corrected chi connectivity index (χ4v) is 5.04. The Hall–Kier alpha value is -1.70. The maximum absolute atomic E-state index is 12.4. The number of unbranched alkanes of at least 4 members (excludes halogenated alkanes) is 13. The highest BCUT2D eigenvalue weighted by Gasteiger charge is 2.24. The van der Waals surface area contributed by atoms with Gasteiger partial charge >= 0.3 is 0 Å². The molecule has 7 heteroatoms. The summed E-state index contributed by atoms with van der Waals surface area (Å²) in [5, 5.41) is 13.0. The summed E-state index contributed by atoms with van der Waals surface area (Å²) in [4.78, 5) is 12.4. The van der Waals surface area contributed by atoms with Gasteiger partial charge in [-0.3, -0.25) is 9.35 Å². The summed E-state index contributed by atoms with van der Waals surface area (Å²) in [6.07, 6.45) is 35.3. The number of rotatable bonds is 27. The van der Waals surface area contributed by atoms with Crippen molar-refractivity contribution < 1.29 is 22.9 Å². The number of aliphatic hydroxyl groups excluding tert-OH is 1. The third kappa shape index (κ3) is 27.9. The minimum Gasteiger partial charge on any atom is -0.387 e. The van der Waals surface area contributed by atoms with Crippen molar-refractivity contribution in [1.82, 2.24) is 5.32 Å². The van der Waals surface area contributed by atoms with Crippen molar-refractivity contribution in [3.8, 4) is 0 Å². The number of amides is 1. The minimum atomic E-state index is -4.34. The zero-order chi connectivity index (χ0) is 29.7. The highest BCUT2D eigenvalue weighted by molar-refractivity contribution is 7.85. The van der Waals surface area contributed by atoms with Crippen molar-refractivity contribution in [1.29, 1.82) is 0 Å². The molecule has 0 aliphatic heterocycles. The van der Waals surface area contributed by atoms with Gasteiger partial charge in [0, 0.05) is 6.42 Å². The SMILES string of the molecule is CCCC/C=C/CC/C=C/C(O)C(CS(=O)(=O)O)NC(=O)CCCCCCCCC/C=C\C/C=C\CCCCC. The van der Waals surface area contributed by atoms with Crippen LogP contribution >= 0.6 is 0 Å². The second-order valence-electron chi connectivity index (χ2n) is 10.7. The van der Waals surface area contributed by atoms with Crippen LogP contribution in [0, 0.1) is 0 Å². The van der Waals surface area contributed by atoms with Crippen LogP contribution < -0.4 is 5.32 Å². The Balaban J connectivity index is 4.04. The Labute approximate surface area is 246 Å². The summed E-state index contributed by atoms with van der Waals surface area (Å²) in [5.74, 6) is -1.02. The van der Waals surface area contributed by atoms with Crippen LogP contribution in [0.25, 0.3) is 0 Å². The minimum absolute atomic E-state index is 0.277. The van der Waals surface area contributed by atoms with Crippen molar-refractivity contribution in [2.24, 2.45) is 0 Å². The predicted molar refractivity (Wildman–Crippen MR) is 170 cm³/mol. The first-order valence-electron chi connectivity index (χ1n) is 15.8. The second kappa shape index (κ2) is 27.5. The van der Waals surface area contributed by atoms with Gasteiger partial charge < -0.3 is 10.4 Å². The van der Waals surface area contributed by atoms with Gasteiger partial charge in [0.15, 0.2) is 0 Å². The number of hydrogen-bond donors (Lipinski definition) is 3. The largest absolute Gasteiger partial charge is 0.387 e. The van der Waals surface area contributed by atoms with Crippen LogP contribution in [0.5, 0.6) is 0 Å². The first-order valence-corrected chi connectivity index (χ1v) is 17.4. The van der Waals surface area contributed by atoms with E-state index in [1.807, 2.05) is 0 Å². The molecule has 0 aromatic carbocycles. The topological polar surface area (TPSA) is 104 Å². The molecular weight excluding hydrogens is 522 g/mol. The molecule has 1 amide bonds. The molecule has 232 valence electrons. The molecule has 3 N–H and O–H groups in total. The van der Waals surface area contributed by atoms with Crippen molar-refractivity contribution >= 4 is 16.0 Å². The van der Waals surface area contributed by atoms with Crippen LogP contribution in [0.4, 0.5) is 0 Å². The Morgan fingerprint density at radius 1 is 0.675 bits per heavy atom. The van der Waals surface area contributed by atoms with Gasteiger partial charge in [-0.05, 0) is 57.8 Å². The smallest absolute Gasteiger partial charge is 0.267 e. The average molecular weight is 582 g/mol. The lowest BCUT2D eigenvalue weighted by Gasteiger charge is -2.21. The van der Waals surface area contributed by atoms with E-state index in [2.05, 4.69) is 55.6 Å². The van der Waals surface area contributed by atoms with Gasteiger partial charge in [-0.15, -0.1) is 0 Å². The van der Waals surface area contributed by atoms with Crippen molar-refractivity contribution in [2.45, 2.75) is 148 Å². The third-order valence-electron chi connectivity index (χ3n) is 6.73. The van der Waals surface area contributed by atoms with Crippen LogP contribution in [-0.4, -0.2) is 41.9 Å². The molecule has 0 aromatic rings. The molecule has 0 heterocycles. The van der Waals surface area contributed by atoms with Gasteiger partial charge in [-0.1, -0.05) is 120 Å². The molecule has 0 rings (SSSR count). The van der Waals surface area contributed by atoms with Gasteiger partial charge in [0.25, 0.3) is 10.1 Å². The summed E-state index contributed by atoms with van der Waals surface area (Å²) in [6.45, 7) is 4.38. The van der Waals surface area contributed by atoms with Gasteiger partial charge in [0.1, 0.15) is 0 Å². The predicted octanol–water partition coefficient (Wildman–Crippen LogP) is 8.40. The van der Waals surface area contributed by atoms with E-state index >= 15 is 0 Å². The quantitative estimate of drug-likeness (QED) is 0.0513. The number of allylic oxidation sites excluding steroid dienone is 7. The van der Waals surface area contributed by atoms with Crippen LogP contribution in [0.2, 0.25) is 0 Å². The summed E-state index contributed by atoms with van der Waals surface area (Å²) in [6, 6.07) is -1.07. The van der Waals surface area contributed by atoms with Crippen LogP contribution in [-0.2, 0) is 14.9 Å². The van der Waals surface area contributed by atoms with E-state index in [-0.39, 0.29) is 12.3 Å². The van der Waals surface area contributed by atoms with Gasteiger partial charge in [0.2, 0.25) is 5.91 Å². The molecule has 2 atom stereocenters. The second-order valence-corrected chi connectivity index (χ2v) is 12.2. The van der Waals surface area contributed by atoms with Crippen LogP contribution in [0.15, 0.2) is 48.6 Å². The zero-order valence-electron chi connectivity index (χ0n) is 25.4. The number of carbonyl (C=O) groups is 1. The Morgan fingerprint density at radius 3 is 1.80 bits per heavy atom. The normalized spacial score (nSPS) is 14.2. The molecule has 0 bridgehead atoms. The van der Waals surface area contributed by atoms with Gasteiger partial charge in [0.05, 0.1) is 17.9 Å². The molecular formula is C33H59NO5S. The first kappa shape index (κ1) is 38.3. The number of aliphatic hydroxyl groups is 1. The van der Waals surface area contributed by atoms with Crippen LogP contribution in [0.1, 0.15) is 136 Å². The highest BCUT2D eigenvalue weighted by Crippen LogP contribution is 2.11. The van der Waals surface area contributed by atoms with E-state index in [9.17, 15) is 22.9 Å². The van der Waals surface area contributed by atoms with Crippen LogP contribution in [0.3, 0.4) is 0 Å². The highest BCUT2D eigenvalue weighted by atomic mass is 32.2. The molecule has 0 spiro atoms. The summed E-state index contributed by atoms with van der Waals surface area (Å²) < 4.78 is 32.1. The summed E-state index contributed by atoms with van der Waals surface area (Å²) >= 11 is 0.